The van der Waals surface area contributed by atoms with Crippen LogP contribution in [0.5, 0.6) is 5.75 Å². The van der Waals surface area contributed by atoms with Gasteiger partial charge >= 0.3 is 0 Å². The van der Waals surface area contributed by atoms with E-state index in [1.165, 1.54) is 0 Å². The van der Waals surface area contributed by atoms with Crippen molar-refractivity contribution < 1.29 is 18.4 Å². The van der Waals surface area contributed by atoms with Gasteiger partial charge in [0.1, 0.15) is 30.1 Å². The van der Waals surface area contributed by atoms with Gasteiger partial charge in [0.25, 0.3) is 12.1 Å². The Hall–Kier alpha value is -3.20. The molecule has 0 saturated carbocycles. The van der Waals surface area contributed by atoms with E-state index in [0.29, 0.717) is 0 Å². The summed E-state index contributed by atoms with van der Waals surface area (Å²) < 4.78 is 29.1. The second-order valence-electron chi connectivity index (χ2n) is 3.57. The summed E-state index contributed by atoms with van der Waals surface area (Å²) in [6.45, 7) is -0.889. The number of nitriles is 2. The molecule has 1 aromatic carbocycles. The third-order valence-corrected chi connectivity index (χ3v) is 2.15. The van der Waals surface area contributed by atoms with Gasteiger partial charge in [0.2, 0.25) is 0 Å². The number of nitrogens with zero attached hydrogens (tertiary/aromatic N) is 3. The highest BCUT2D eigenvalue weighted by molar-refractivity contribution is 5.63. The van der Waals surface area contributed by atoms with Crippen LogP contribution in [0.4, 0.5) is 20.2 Å². The average Bonchev–Trinajstić information content (AvgIpc) is 2.46. The molecule has 0 aliphatic carbocycles. The lowest BCUT2D eigenvalue weighted by Gasteiger charge is -2.10. The van der Waals surface area contributed by atoms with Crippen LogP contribution >= 0.6 is 0 Å². The topological polar surface area (TPSA) is 112 Å². The number of hydrogen-bond donors (Lipinski definition) is 1. The van der Waals surface area contributed by atoms with Crippen molar-refractivity contribution in [2.24, 2.45) is 0 Å². The third-order valence-electron chi connectivity index (χ3n) is 2.15. The number of benzene rings is 1. The molecule has 0 fully saturated rings. The Bertz CT molecular complexity index is 631. The monoisotopic (exact) mass is 294 g/mol. The minimum absolute atomic E-state index is 0.00662. The van der Waals surface area contributed by atoms with Crippen LogP contribution in [0.1, 0.15) is 0 Å². The summed E-state index contributed by atoms with van der Waals surface area (Å²) in [5.74, 6) is -0.0626. The van der Waals surface area contributed by atoms with Gasteiger partial charge in [0.15, 0.2) is 0 Å². The van der Waals surface area contributed by atoms with E-state index < -0.39 is 18.0 Å². The lowest BCUT2D eigenvalue weighted by molar-refractivity contribution is -0.384. The maximum absolute atomic E-state index is 12.1. The maximum Gasteiger partial charge on any atom is 0.272 e. The van der Waals surface area contributed by atoms with E-state index in [2.05, 4.69) is 5.32 Å². The largest absolute Gasteiger partial charge is 0.485 e. The maximum atomic E-state index is 12.1. The molecule has 0 atom stereocenters. The van der Waals surface area contributed by atoms with E-state index in [9.17, 15) is 18.9 Å². The van der Waals surface area contributed by atoms with Crippen molar-refractivity contribution in [3.05, 3.63) is 40.1 Å². The lowest BCUT2D eigenvalue weighted by Crippen LogP contribution is -2.08. The first-order valence-corrected chi connectivity index (χ1v) is 5.44. The van der Waals surface area contributed by atoms with Crippen molar-refractivity contribution >= 4 is 11.4 Å². The van der Waals surface area contributed by atoms with Crippen LogP contribution in [0.2, 0.25) is 0 Å². The third kappa shape index (κ3) is 4.76. The van der Waals surface area contributed by atoms with Crippen LogP contribution in [0.25, 0.3) is 0 Å². The number of rotatable bonds is 6. The minimum atomic E-state index is -2.71. The minimum Gasteiger partial charge on any atom is -0.485 e. The molecule has 21 heavy (non-hydrogen) atoms. The van der Waals surface area contributed by atoms with Gasteiger partial charge in [0, 0.05) is 18.3 Å². The molecule has 7 nitrogen and oxygen atoms in total. The van der Waals surface area contributed by atoms with Gasteiger partial charge in [-0.05, 0) is 6.07 Å². The number of halogens is 2. The highest BCUT2D eigenvalue weighted by atomic mass is 19.3. The van der Waals surface area contributed by atoms with Crippen LogP contribution in [-0.4, -0.2) is 18.0 Å². The fraction of sp³-hybridized carbons (Fsp3) is 0.167. The molecule has 1 rings (SSSR count). The number of non-ortho nitro benzene ring substituents is 1. The number of nitro benzene ring substituents is 1. The van der Waals surface area contributed by atoms with E-state index >= 15 is 0 Å². The highest BCUT2D eigenvalue weighted by Crippen LogP contribution is 2.29. The summed E-state index contributed by atoms with van der Waals surface area (Å²) >= 11 is 0. The first kappa shape index (κ1) is 15.9. The smallest absolute Gasteiger partial charge is 0.272 e. The second-order valence-corrected chi connectivity index (χ2v) is 3.57. The van der Waals surface area contributed by atoms with Crippen LogP contribution < -0.4 is 10.1 Å². The Kier molecular flexibility index (Phi) is 5.59. The molecule has 0 aliphatic heterocycles. The number of anilines is 1. The Morgan fingerprint density at radius 3 is 2.67 bits per heavy atom. The van der Waals surface area contributed by atoms with E-state index in [1.807, 2.05) is 0 Å². The zero-order chi connectivity index (χ0) is 15.8. The van der Waals surface area contributed by atoms with Crippen LogP contribution in [0.3, 0.4) is 0 Å². The Morgan fingerprint density at radius 1 is 1.48 bits per heavy atom. The number of nitro groups is 1. The second kappa shape index (κ2) is 7.40. The van der Waals surface area contributed by atoms with Crippen molar-refractivity contribution in [1.82, 2.24) is 0 Å². The van der Waals surface area contributed by atoms with Gasteiger partial charge < -0.3 is 10.1 Å². The summed E-state index contributed by atoms with van der Waals surface area (Å²) in [5, 5.41) is 30.3. The summed E-state index contributed by atoms with van der Waals surface area (Å²) in [7, 11) is 0. The molecule has 1 aromatic rings. The number of nitrogens with one attached hydrogen (secondary N) is 1. The molecule has 0 aromatic heterocycles. The Balaban J connectivity index is 3.08. The van der Waals surface area contributed by atoms with E-state index in [1.54, 1.807) is 12.1 Å². The lowest BCUT2D eigenvalue weighted by atomic mass is 10.2. The van der Waals surface area contributed by atoms with E-state index in [0.717, 1.165) is 24.4 Å². The van der Waals surface area contributed by atoms with Gasteiger partial charge in [-0.1, -0.05) is 0 Å². The fourth-order valence-corrected chi connectivity index (χ4v) is 1.26. The molecule has 0 aliphatic rings. The molecule has 108 valence electrons. The molecule has 0 heterocycles. The zero-order valence-corrected chi connectivity index (χ0v) is 10.4. The molecule has 0 bridgehead atoms. The summed E-state index contributed by atoms with van der Waals surface area (Å²) in [4.78, 5) is 10.00. The van der Waals surface area contributed by atoms with Crippen molar-refractivity contribution in [3.8, 4) is 17.9 Å². The Labute approximate surface area is 117 Å². The molecule has 0 saturated heterocycles. The first-order valence-electron chi connectivity index (χ1n) is 5.44. The van der Waals surface area contributed by atoms with Crippen molar-refractivity contribution in [3.63, 3.8) is 0 Å². The quantitative estimate of drug-likeness (QED) is 0.490. The molecule has 0 unspecified atom stereocenters. The van der Waals surface area contributed by atoms with Gasteiger partial charge in [-0.3, -0.25) is 10.1 Å². The van der Waals surface area contributed by atoms with Crippen LogP contribution in [0, 0.1) is 32.8 Å². The SMILES string of the molecule is N#CC(C#N)=CNc1cc([N+](=O)[O-])ccc1OCC(F)F. The van der Waals surface area contributed by atoms with Crippen LogP contribution in [-0.2, 0) is 0 Å². The van der Waals surface area contributed by atoms with E-state index in [4.69, 9.17) is 15.3 Å². The zero-order valence-electron chi connectivity index (χ0n) is 10.4. The normalized spacial score (nSPS) is 9.38. The number of hydrogen-bond acceptors (Lipinski definition) is 6. The van der Waals surface area contributed by atoms with Gasteiger partial charge in [0.05, 0.1) is 10.6 Å². The average molecular weight is 294 g/mol. The molecule has 0 spiro atoms. The standard InChI is InChI=1S/C12H8F2N4O3/c13-12(14)7-21-11-2-1-9(18(19)20)3-10(11)17-6-8(4-15)5-16/h1-3,6,12,17H,7H2. The highest BCUT2D eigenvalue weighted by Gasteiger charge is 2.13. The number of alkyl halides is 2. The molecular weight excluding hydrogens is 286 g/mol. The van der Waals surface area contributed by atoms with Gasteiger partial charge in [-0.2, -0.15) is 10.5 Å². The van der Waals surface area contributed by atoms with Crippen molar-refractivity contribution in [2.45, 2.75) is 6.43 Å². The molecule has 9 heteroatoms. The van der Waals surface area contributed by atoms with Gasteiger partial charge in [-0.15, -0.1) is 0 Å². The molecule has 0 amide bonds. The van der Waals surface area contributed by atoms with Crippen molar-refractivity contribution in [1.29, 1.82) is 10.5 Å². The van der Waals surface area contributed by atoms with Gasteiger partial charge in [-0.25, -0.2) is 8.78 Å². The molecular formula is C12H8F2N4O3. The predicted molar refractivity (Wildman–Crippen MR) is 67.5 cm³/mol. The fourth-order valence-electron chi connectivity index (χ4n) is 1.26. The first-order chi connectivity index (χ1) is 9.97. The summed E-state index contributed by atoms with van der Waals surface area (Å²) in [5.41, 5.74) is -0.597. The van der Waals surface area contributed by atoms with Crippen molar-refractivity contribution in [2.75, 3.05) is 11.9 Å². The predicted octanol–water partition coefficient (Wildman–Crippen LogP) is 2.58. The number of allylic oxidation sites excluding steroid dienone is 1. The molecule has 0 radical (unpaired) electrons. The Morgan fingerprint density at radius 2 is 2.14 bits per heavy atom. The summed E-state index contributed by atoms with van der Waals surface area (Å²) in [6, 6.07) is 6.43. The molecule has 1 N–H and O–H groups in total. The van der Waals surface area contributed by atoms with Crippen LogP contribution in [0.15, 0.2) is 30.0 Å². The number of ether oxygens (including phenoxy) is 1. The van der Waals surface area contributed by atoms with E-state index in [-0.39, 0.29) is 22.7 Å². The summed E-state index contributed by atoms with van der Waals surface area (Å²) in [6.07, 6.45) is -1.72.